The molecule has 0 unspecified atom stereocenters. The van der Waals surface area contributed by atoms with Crippen LogP contribution in [0.15, 0.2) is 57.5 Å². The van der Waals surface area contributed by atoms with Gasteiger partial charge in [0.25, 0.3) is 11.7 Å². The van der Waals surface area contributed by atoms with Crippen molar-refractivity contribution in [1.29, 1.82) is 0 Å². The highest BCUT2D eigenvalue weighted by Crippen LogP contribution is 2.51. The number of aromatic nitrogens is 1. The summed E-state index contributed by atoms with van der Waals surface area (Å²) in [6.45, 7) is 20.8. The highest BCUT2D eigenvalue weighted by Gasteiger charge is 2.50. The van der Waals surface area contributed by atoms with Crippen molar-refractivity contribution in [3.63, 3.8) is 0 Å². The summed E-state index contributed by atoms with van der Waals surface area (Å²) in [5.41, 5.74) is -0.643. The van der Waals surface area contributed by atoms with E-state index in [9.17, 15) is 39.6 Å². The SMILES string of the molecule is CO[C@H]1/C=C/O[C@@]2(C)Oc3c(C)c(O)c4c(=O)c(c5oc6cc(N7CCN(CC(C)C)CC7)cc(O)c6nc-5c4c3C2=O)NC(=O)/C(C)=C\C=C\[C@H](C)[C@H](O)[C@@H](C)[C@@H](O)[C@@H](C)[C@H](OC(C)=O)[C@@H]1C.N. The molecule has 0 saturated carbocycles. The second-order valence-corrected chi connectivity index (χ2v) is 19.2. The fourth-order valence-corrected chi connectivity index (χ4v) is 9.76. The van der Waals surface area contributed by atoms with Crippen molar-refractivity contribution in [2.24, 2.45) is 29.6 Å². The lowest BCUT2D eigenvalue weighted by Gasteiger charge is -2.38. The van der Waals surface area contributed by atoms with Gasteiger partial charge in [-0.25, -0.2) is 4.98 Å². The molecule has 69 heavy (non-hydrogen) atoms. The number of Topliss-reactive ketones (excluding diaryl/α,β-unsaturated/α-hetero) is 1. The number of phenols is 2. The third-order valence-corrected chi connectivity index (χ3v) is 13.8. The number of fused-ring (bicyclic) bond motifs is 2. The van der Waals surface area contributed by atoms with Crippen LogP contribution in [0.1, 0.15) is 78.2 Å². The van der Waals surface area contributed by atoms with Crippen LogP contribution in [0.2, 0.25) is 0 Å². The molecule has 7 rings (SSSR count). The number of aliphatic hydroxyl groups is 2. The van der Waals surface area contributed by atoms with Gasteiger partial charge < -0.3 is 60.2 Å². The molecule has 4 bridgehead atoms. The Labute approximate surface area is 401 Å². The first-order valence-electron chi connectivity index (χ1n) is 23.2. The minimum atomic E-state index is -2.08. The molecule has 1 aliphatic carbocycles. The molecular weight excluding hydrogens is 891 g/mol. The number of nitrogens with one attached hydrogen (secondary N) is 1. The van der Waals surface area contributed by atoms with Crippen molar-refractivity contribution in [3.8, 4) is 28.7 Å². The maximum absolute atomic E-state index is 14.9. The van der Waals surface area contributed by atoms with E-state index in [1.54, 1.807) is 52.0 Å². The number of ether oxygens (including phenoxy) is 4. The Kier molecular flexibility index (Phi) is 15.5. The molecule has 18 nitrogen and oxygen atoms in total. The molecule has 2 aromatic rings. The van der Waals surface area contributed by atoms with Crippen LogP contribution < -0.4 is 26.5 Å². The Balaban J connectivity index is 0.00000782. The van der Waals surface area contributed by atoms with Gasteiger partial charge in [-0.3, -0.25) is 24.1 Å². The molecule has 9 atom stereocenters. The topological polar surface area (TPSA) is 266 Å². The van der Waals surface area contributed by atoms with Gasteiger partial charge in [-0.15, -0.1) is 0 Å². The Bertz CT molecular complexity index is 2740. The van der Waals surface area contributed by atoms with Gasteiger partial charge in [0.1, 0.15) is 40.3 Å². The lowest BCUT2D eigenvalue weighted by Crippen LogP contribution is -2.47. The summed E-state index contributed by atoms with van der Waals surface area (Å²) in [4.78, 5) is 65.5. The van der Waals surface area contributed by atoms with Gasteiger partial charge in [0, 0.05) is 112 Å². The van der Waals surface area contributed by atoms with Gasteiger partial charge in [-0.2, -0.15) is 0 Å². The molecule has 5 aliphatic rings. The van der Waals surface area contributed by atoms with Gasteiger partial charge in [0.2, 0.25) is 5.43 Å². The molecule has 8 N–H and O–H groups in total. The molecule has 1 saturated heterocycles. The summed E-state index contributed by atoms with van der Waals surface area (Å²) in [6.07, 6.45) is 3.49. The zero-order valence-corrected chi connectivity index (χ0v) is 41.3. The number of benzene rings is 3. The van der Waals surface area contributed by atoms with E-state index in [1.165, 1.54) is 53.2 Å². The number of esters is 1. The fourth-order valence-electron chi connectivity index (χ4n) is 9.76. The first kappa shape index (κ1) is 52.3. The van der Waals surface area contributed by atoms with Crippen LogP contribution in [0, 0.1) is 36.5 Å². The summed E-state index contributed by atoms with van der Waals surface area (Å²) >= 11 is 0. The number of piperazine rings is 1. The second-order valence-electron chi connectivity index (χ2n) is 19.2. The smallest absolute Gasteiger partial charge is 0.312 e. The fraction of sp³-hybridized carbons (Fsp3) is 0.510. The van der Waals surface area contributed by atoms with E-state index >= 15 is 0 Å². The van der Waals surface area contributed by atoms with Crippen LogP contribution >= 0.6 is 0 Å². The molecule has 2 aromatic carbocycles. The van der Waals surface area contributed by atoms with E-state index in [0.29, 0.717) is 24.7 Å². The van der Waals surface area contributed by atoms with Gasteiger partial charge in [0.15, 0.2) is 11.3 Å². The van der Waals surface area contributed by atoms with Gasteiger partial charge in [0.05, 0.1) is 35.5 Å². The van der Waals surface area contributed by atoms with Crippen molar-refractivity contribution < 1.29 is 58.2 Å². The molecule has 1 amide bonds. The lowest BCUT2D eigenvalue weighted by molar-refractivity contribution is -0.160. The number of phenolic OH excluding ortho intramolecular Hbond substituents is 2. The third kappa shape index (κ3) is 9.90. The largest absolute Gasteiger partial charge is 0.507 e. The summed E-state index contributed by atoms with van der Waals surface area (Å²) < 4.78 is 30.4. The van der Waals surface area contributed by atoms with Crippen LogP contribution in [0.4, 0.5) is 11.4 Å². The van der Waals surface area contributed by atoms with E-state index in [2.05, 4.69) is 29.0 Å². The molecule has 0 aromatic heterocycles. The molecule has 1 fully saturated rings. The van der Waals surface area contributed by atoms with Crippen LogP contribution in [-0.4, -0.2) is 118 Å². The zero-order valence-electron chi connectivity index (χ0n) is 41.3. The van der Waals surface area contributed by atoms with E-state index in [4.69, 9.17) is 28.3 Å². The van der Waals surface area contributed by atoms with E-state index in [-0.39, 0.29) is 73.4 Å². The van der Waals surface area contributed by atoms with E-state index in [1.807, 2.05) is 0 Å². The number of nitrogens with zero attached hydrogens (tertiary/aromatic N) is 3. The Morgan fingerprint density at radius 3 is 2.29 bits per heavy atom. The maximum Gasteiger partial charge on any atom is 0.312 e. The van der Waals surface area contributed by atoms with Crippen molar-refractivity contribution in [2.45, 2.75) is 99.4 Å². The molecule has 374 valence electrons. The molecular formula is C51H67N5O13. The molecule has 0 spiro atoms. The summed E-state index contributed by atoms with van der Waals surface area (Å²) in [5, 5.41) is 48.7. The third-order valence-electron chi connectivity index (χ3n) is 13.8. The standard InChI is InChI=1S/C51H64N4O13.H3N/c1-24(2)23-54-16-18-55(19-17-54)32-21-33(57)39-35(22-32)67-48-40(52-39)36-37-44(60)30(8)47-38(36)49(62)51(10,68-47)65-20-15-34(64-11)27(5)46(66-31(9)56)29(7)43(59)28(6)42(58)25(3)13-12-14-26(4)50(63)53-41(48)45(37)61;/h12-15,20-22,24-25,27-29,34,42-43,46,57-60H,16-19,23H2,1-11H3,(H,53,63);1H3/b13-12+,20-15+,26-14-;/t25-,27+,28+,29+,34-,42-,43+,46+,51-;/m0./s1. The summed E-state index contributed by atoms with van der Waals surface area (Å²) in [6, 6.07) is 3.28. The number of allylic oxidation sites excluding steroid dienone is 2. The first-order valence-corrected chi connectivity index (χ1v) is 23.2. The highest BCUT2D eigenvalue weighted by atomic mass is 16.7. The van der Waals surface area contributed by atoms with Gasteiger partial charge >= 0.3 is 11.8 Å². The summed E-state index contributed by atoms with van der Waals surface area (Å²) in [5.74, 6) is -7.31. The van der Waals surface area contributed by atoms with Crippen molar-refractivity contribution >= 4 is 50.9 Å². The van der Waals surface area contributed by atoms with Crippen molar-refractivity contribution in [2.75, 3.05) is 50.1 Å². The van der Waals surface area contributed by atoms with Crippen LogP contribution in [-0.2, 0) is 23.8 Å². The molecule has 4 heterocycles. The zero-order chi connectivity index (χ0) is 49.7. The minimum Gasteiger partial charge on any atom is -0.507 e. The number of methoxy groups -OCH3 is 1. The number of hydrogen-bond acceptors (Lipinski definition) is 17. The van der Waals surface area contributed by atoms with Gasteiger partial charge in [-0.1, -0.05) is 59.8 Å². The molecule has 4 aliphatic heterocycles. The predicted molar refractivity (Wildman–Crippen MR) is 261 cm³/mol. The number of amides is 1. The second kappa shape index (κ2) is 20.5. The average Bonchev–Trinajstić information content (AvgIpc) is 3.56. The number of anilines is 2. The monoisotopic (exact) mass is 957 g/mol. The minimum absolute atomic E-state index is 0. The van der Waals surface area contributed by atoms with Crippen LogP contribution in [0.5, 0.6) is 17.2 Å². The highest BCUT2D eigenvalue weighted by molar-refractivity contribution is 6.22. The van der Waals surface area contributed by atoms with E-state index in [0.717, 1.165) is 19.6 Å². The Morgan fingerprint density at radius 2 is 1.65 bits per heavy atom. The molecule has 18 heteroatoms. The molecule has 0 radical (unpaired) electrons. The number of hydrogen-bond donors (Lipinski definition) is 6. The first-order chi connectivity index (χ1) is 32.1. The maximum atomic E-state index is 14.9. The number of carbonyl (C=O) groups is 3. The predicted octanol–water partition coefficient (Wildman–Crippen LogP) is 6.59. The number of carbonyl (C=O) groups excluding carboxylic acids is 3. The van der Waals surface area contributed by atoms with Crippen LogP contribution in [0.25, 0.3) is 33.3 Å². The lowest BCUT2D eigenvalue weighted by atomic mass is 9.78. The number of aromatic hydroxyl groups is 2. The Morgan fingerprint density at radius 1 is 0.971 bits per heavy atom. The van der Waals surface area contributed by atoms with Crippen molar-refractivity contribution in [1.82, 2.24) is 16.0 Å². The number of rotatable bonds is 5. The van der Waals surface area contributed by atoms with Crippen molar-refractivity contribution in [3.05, 3.63) is 69.6 Å². The number of ketones is 1. The Hall–Kier alpha value is -6.05. The van der Waals surface area contributed by atoms with Crippen LogP contribution in [0.3, 0.4) is 0 Å². The quantitative estimate of drug-likeness (QED) is 0.0699. The summed E-state index contributed by atoms with van der Waals surface area (Å²) in [7, 11) is 1.44. The normalized spacial score (nSPS) is 29.1. The van der Waals surface area contributed by atoms with E-state index < -0.39 is 82.7 Å². The number of aliphatic hydroxyl groups excluding tert-OH is 2. The van der Waals surface area contributed by atoms with Gasteiger partial charge in [-0.05, 0) is 25.8 Å². The average molecular weight is 958 g/mol.